The first-order chi connectivity index (χ1) is 9.75. The minimum Gasteiger partial charge on any atom is -0.481 e. The molecule has 7 nitrogen and oxygen atoms in total. The number of halogens is 3. The number of alkyl halides is 3. The molecule has 1 aromatic heterocycles. The second-order valence-electron chi connectivity index (χ2n) is 4.87. The molecule has 0 bridgehead atoms. The zero-order valence-electron chi connectivity index (χ0n) is 10.8. The van der Waals surface area contributed by atoms with Crippen molar-refractivity contribution in [3.8, 4) is 0 Å². The summed E-state index contributed by atoms with van der Waals surface area (Å²) >= 11 is 0. The molecule has 0 aromatic carbocycles. The van der Waals surface area contributed by atoms with Crippen molar-refractivity contribution < 1.29 is 27.9 Å². The van der Waals surface area contributed by atoms with Crippen molar-refractivity contribution in [2.75, 3.05) is 0 Å². The van der Waals surface area contributed by atoms with Crippen LogP contribution in [0.25, 0.3) is 0 Å². The summed E-state index contributed by atoms with van der Waals surface area (Å²) in [7, 11) is 0. The van der Waals surface area contributed by atoms with Crippen LogP contribution < -0.4 is 5.32 Å². The molecule has 1 aliphatic carbocycles. The van der Waals surface area contributed by atoms with Gasteiger partial charge in [0, 0.05) is 6.04 Å². The highest BCUT2D eigenvalue weighted by Gasteiger charge is 2.36. The molecule has 1 heterocycles. The first-order valence-corrected chi connectivity index (χ1v) is 6.23. The lowest BCUT2D eigenvalue weighted by Crippen LogP contribution is -2.40. The Hall–Kier alpha value is -2.13. The van der Waals surface area contributed by atoms with Gasteiger partial charge in [0.05, 0.1) is 6.42 Å². The predicted molar refractivity (Wildman–Crippen MR) is 61.9 cm³/mol. The Kier molecular flexibility index (Phi) is 4.14. The lowest BCUT2D eigenvalue weighted by atomic mass is 10.1. The van der Waals surface area contributed by atoms with Gasteiger partial charge in [-0.25, -0.2) is 9.67 Å². The van der Waals surface area contributed by atoms with Crippen LogP contribution in [-0.4, -0.2) is 37.8 Å². The zero-order chi connectivity index (χ0) is 15.6. The number of hydrogen-bond acceptors (Lipinski definition) is 4. The van der Waals surface area contributed by atoms with Crippen LogP contribution in [0, 0.1) is 5.92 Å². The molecule has 1 aromatic rings. The number of nitrogens with zero attached hydrogens (tertiary/aromatic N) is 3. The van der Waals surface area contributed by atoms with Crippen molar-refractivity contribution in [3.63, 3.8) is 0 Å². The quantitative estimate of drug-likeness (QED) is 0.805. The van der Waals surface area contributed by atoms with Crippen molar-refractivity contribution in [2.45, 2.75) is 38.0 Å². The van der Waals surface area contributed by atoms with Gasteiger partial charge in [-0.3, -0.25) is 9.59 Å². The molecule has 0 radical (unpaired) electrons. The Morgan fingerprint density at radius 3 is 2.62 bits per heavy atom. The standard InChI is InChI=1S/C11H13F3N4O3/c12-11(13,14)10-15-5-18(17-10)4-8(19)16-7(3-9(20)21)6-1-2-6/h5-7H,1-4H2,(H,16,19)(H,20,21). The predicted octanol–water partition coefficient (Wildman–Crippen LogP) is 0.666. The summed E-state index contributed by atoms with van der Waals surface area (Å²) in [6, 6.07) is -0.499. The van der Waals surface area contributed by atoms with E-state index in [2.05, 4.69) is 15.4 Å². The molecule has 2 rings (SSSR count). The van der Waals surface area contributed by atoms with E-state index in [0.29, 0.717) is 0 Å². The Morgan fingerprint density at radius 1 is 1.48 bits per heavy atom. The summed E-state index contributed by atoms with van der Waals surface area (Å²) in [6.07, 6.45) is -2.39. The monoisotopic (exact) mass is 306 g/mol. The molecule has 1 fully saturated rings. The van der Waals surface area contributed by atoms with E-state index in [1.165, 1.54) is 0 Å². The lowest BCUT2D eigenvalue weighted by molar-refractivity contribution is -0.145. The highest BCUT2D eigenvalue weighted by atomic mass is 19.4. The van der Waals surface area contributed by atoms with Gasteiger partial charge in [-0.1, -0.05) is 0 Å². The summed E-state index contributed by atoms with van der Waals surface area (Å²) in [4.78, 5) is 25.5. The summed E-state index contributed by atoms with van der Waals surface area (Å²) in [5.74, 6) is -2.83. The summed E-state index contributed by atoms with van der Waals surface area (Å²) in [6.45, 7) is -0.439. The molecular weight excluding hydrogens is 293 g/mol. The molecule has 1 amide bonds. The second-order valence-corrected chi connectivity index (χ2v) is 4.87. The smallest absolute Gasteiger partial charge is 0.453 e. The number of hydrogen-bond donors (Lipinski definition) is 2. The molecule has 10 heteroatoms. The summed E-state index contributed by atoms with van der Waals surface area (Å²) in [5.41, 5.74) is 0. The van der Waals surface area contributed by atoms with Crippen LogP contribution in [0.3, 0.4) is 0 Å². The second kappa shape index (κ2) is 5.70. The van der Waals surface area contributed by atoms with Gasteiger partial charge in [0.25, 0.3) is 5.82 Å². The van der Waals surface area contributed by atoms with Crippen molar-refractivity contribution in [1.82, 2.24) is 20.1 Å². The van der Waals surface area contributed by atoms with Gasteiger partial charge in [-0.15, -0.1) is 5.10 Å². The fraction of sp³-hybridized carbons (Fsp3) is 0.636. The van der Waals surface area contributed by atoms with Crippen LogP contribution in [0.15, 0.2) is 6.33 Å². The molecule has 0 aliphatic heterocycles. The fourth-order valence-corrected chi connectivity index (χ4v) is 1.92. The average molecular weight is 306 g/mol. The van der Waals surface area contributed by atoms with Crippen LogP contribution in [0.2, 0.25) is 0 Å². The number of aliphatic carboxylic acids is 1. The van der Waals surface area contributed by atoms with Crippen LogP contribution in [0.4, 0.5) is 13.2 Å². The maximum atomic E-state index is 12.3. The number of carboxylic acid groups (broad SMARTS) is 1. The number of nitrogens with one attached hydrogen (secondary N) is 1. The van der Waals surface area contributed by atoms with E-state index in [1.807, 2.05) is 0 Å². The molecular formula is C11H13F3N4O3. The summed E-state index contributed by atoms with van der Waals surface area (Å²) in [5, 5.41) is 14.4. The van der Waals surface area contributed by atoms with Gasteiger partial charge >= 0.3 is 12.1 Å². The molecule has 1 saturated carbocycles. The third kappa shape index (κ3) is 4.43. The molecule has 0 saturated heterocycles. The van der Waals surface area contributed by atoms with Crippen molar-refractivity contribution >= 4 is 11.9 Å². The van der Waals surface area contributed by atoms with Crippen LogP contribution in [0.5, 0.6) is 0 Å². The van der Waals surface area contributed by atoms with E-state index in [1.54, 1.807) is 0 Å². The first-order valence-electron chi connectivity index (χ1n) is 6.23. The molecule has 1 atom stereocenters. The van der Waals surface area contributed by atoms with Crippen molar-refractivity contribution in [3.05, 3.63) is 12.2 Å². The first kappa shape index (κ1) is 15.3. The number of carbonyl (C=O) groups excluding carboxylic acids is 1. The minimum atomic E-state index is -4.67. The van der Waals surface area contributed by atoms with Gasteiger partial charge in [-0.2, -0.15) is 13.2 Å². The largest absolute Gasteiger partial charge is 0.481 e. The summed E-state index contributed by atoms with van der Waals surface area (Å²) < 4.78 is 37.7. The van der Waals surface area contributed by atoms with E-state index in [-0.39, 0.29) is 12.3 Å². The normalized spacial score (nSPS) is 16.5. The van der Waals surface area contributed by atoms with Gasteiger partial charge in [0.15, 0.2) is 0 Å². The third-order valence-electron chi connectivity index (χ3n) is 3.03. The molecule has 0 spiro atoms. The van der Waals surface area contributed by atoms with Crippen LogP contribution in [-0.2, 0) is 22.3 Å². The van der Waals surface area contributed by atoms with E-state index in [0.717, 1.165) is 23.9 Å². The highest BCUT2D eigenvalue weighted by Crippen LogP contribution is 2.34. The lowest BCUT2D eigenvalue weighted by Gasteiger charge is -2.15. The number of amides is 1. The zero-order valence-corrected chi connectivity index (χ0v) is 10.8. The van der Waals surface area contributed by atoms with Crippen molar-refractivity contribution in [1.29, 1.82) is 0 Å². The molecule has 21 heavy (non-hydrogen) atoms. The number of aromatic nitrogens is 3. The maximum absolute atomic E-state index is 12.3. The Bertz CT molecular complexity index is 539. The Labute approximate surface area is 117 Å². The van der Waals surface area contributed by atoms with E-state index >= 15 is 0 Å². The van der Waals surface area contributed by atoms with E-state index in [9.17, 15) is 22.8 Å². The van der Waals surface area contributed by atoms with Crippen LogP contribution in [0.1, 0.15) is 25.1 Å². The van der Waals surface area contributed by atoms with Gasteiger partial charge in [-0.05, 0) is 18.8 Å². The van der Waals surface area contributed by atoms with Gasteiger partial charge in [0.2, 0.25) is 5.91 Å². The fourth-order valence-electron chi connectivity index (χ4n) is 1.92. The third-order valence-corrected chi connectivity index (χ3v) is 3.03. The van der Waals surface area contributed by atoms with Gasteiger partial charge < -0.3 is 10.4 Å². The number of carboxylic acids is 1. The Morgan fingerprint density at radius 2 is 2.14 bits per heavy atom. The maximum Gasteiger partial charge on any atom is 0.453 e. The van der Waals surface area contributed by atoms with Crippen LogP contribution >= 0.6 is 0 Å². The Balaban J connectivity index is 1.91. The molecule has 116 valence electrons. The van der Waals surface area contributed by atoms with Crippen molar-refractivity contribution in [2.24, 2.45) is 5.92 Å². The molecule has 2 N–H and O–H groups in total. The number of rotatable bonds is 6. The molecule has 1 aliphatic rings. The SMILES string of the molecule is O=C(O)CC(NC(=O)Cn1cnc(C(F)(F)F)n1)C1CC1. The molecule has 1 unspecified atom stereocenters. The minimum absolute atomic E-state index is 0.117. The topological polar surface area (TPSA) is 97.1 Å². The van der Waals surface area contributed by atoms with Gasteiger partial charge in [0.1, 0.15) is 12.9 Å². The number of carbonyl (C=O) groups is 2. The van der Waals surface area contributed by atoms with E-state index in [4.69, 9.17) is 5.11 Å². The average Bonchev–Trinajstić information content (AvgIpc) is 3.07. The van der Waals surface area contributed by atoms with E-state index < -0.39 is 36.5 Å². The highest BCUT2D eigenvalue weighted by molar-refractivity contribution is 5.77.